The van der Waals surface area contributed by atoms with Gasteiger partial charge in [-0.25, -0.2) is 0 Å². The summed E-state index contributed by atoms with van der Waals surface area (Å²) in [7, 11) is 0. The fourth-order valence-electron chi connectivity index (χ4n) is 0.745. The molecule has 1 aromatic carbocycles. The van der Waals surface area contributed by atoms with Crippen molar-refractivity contribution in [3.63, 3.8) is 0 Å². The number of anilines is 1. The fourth-order valence-corrected chi connectivity index (χ4v) is 0.745. The highest BCUT2D eigenvalue weighted by molar-refractivity contribution is 6.22. The Morgan fingerprint density at radius 1 is 1.43 bits per heavy atom. The Kier molecular flexibility index (Phi) is 3.31. The maximum absolute atomic E-state index is 10.2. The molecule has 6 nitrogen and oxygen atoms in total. The third kappa shape index (κ3) is 2.67. The van der Waals surface area contributed by atoms with Gasteiger partial charge in [0.05, 0.1) is 10.8 Å². The molecule has 0 amide bonds. The van der Waals surface area contributed by atoms with Gasteiger partial charge in [-0.1, -0.05) is 18.2 Å². The third-order valence-electron chi connectivity index (χ3n) is 1.37. The van der Waals surface area contributed by atoms with E-state index in [0.29, 0.717) is 5.69 Å². The monoisotopic (exact) mass is 193 g/mol. The standard InChI is InChI=1S/C8H7N3O3/c12-6-8(11(13)14)10-9-7-4-2-1-3-5-7/h1-6,9H. The number of nitrogens with one attached hydrogen (secondary N) is 1. The van der Waals surface area contributed by atoms with Crippen molar-refractivity contribution in [3.05, 3.63) is 40.4 Å². The highest BCUT2D eigenvalue weighted by atomic mass is 16.6. The number of carbonyl (C=O) groups is 1. The van der Waals surface area contributed by atoms with E-state index in [1.54, 1.807) is 30.3 Å². The molecule has 0 spiro atoms. The van der Waals surface area contributed by atoms with E-state index < -0.39 is 10.8 Å². The third-order valence-corrected chi connectivity index (χ3v) is 1.37. The van der Waals surface area contributed by atoms with Gasteiger partial charge in [0.25, 0.3) is 0 Å². The first-order chi connectivity index (χ1) is 6.74. The van der Waals surface area contributed by atoms with E-state index >= 15 is 0 Å². The van der Waals surface area contributed by atoms with Crippen LogP contribution in [0.2, 0.25) is 0 Å². The zero-order chi connectivity index (χ0) is 10.4. The Morgan fingerprint density at radius 2 is 2.07 bits per heavy atom. The molecular formula is C8H7N3O3. The lowest BCUT2D eigenvalue weighted by Gasteiger charge is -1.93. The van der Waals surface area contributed by atoms with E-state index in [1.807, 2.05) is 0 Å². The van der Waals surface area contributed by atoms with E-state index in [0.717, 1.165) is 0 Å². The van der Waals surface area contributed by atoms with Crippen LogP contribution in [0.15, 0.2) is 35.4 Å². The molecule has 1 N–H and O–H groups in total. The van der Waals surface area contributed by atoms with Gasteiger partial charge in [0.2, 0.25) is 6.29 Å². The van der Waals surface area contributed by atoms with Crippen molar-refractivity contribution >= 4 is 17.8 Å². The summed E-state index contributed by atoms with van der Waals surface area (Å²) in [6, 6.07) is 8.62. The second kappa shape index (κ2) is 4.70. The molecule has 0 unspecified atom stereocenters. The van der Waals surface area contributed by atoms with Gasteiger partial charge in [-0.2, -0.15) is 5.43 Å². The van der Waals surface area contributed by atoms with E-state index in [4.69, 9.17) is 0 Å². The normalized spacial score (nSPS) is 10.7. The van der Waals surface area contributed by atoms with Crippen LogP contribution in [-0.2, 0) is 4.79 Å². The van der Waals surface area contributed by atoms with Crippen molar-refractivity contribution in [2.24, 2.45) is 5.10 Å². The van der Waals surface area contributed by atoms with Crippen molar-refractivity contribution in [2.75, 3.05) is 5.43 Å². The highest BCUT2D eigenvalue weighted by Crippen LogP contribution is 2.04. The minimum absolute atomic E-state index is 0.0793. The average molecular weight is 193 g/mol. The lowest BCUT2D eigenvalue weighted by molar-refractivity contribution is -0.347. The molecule has 0 saturated heterocycles. The minimum Gasteiger partial charge on any atom is -0.358 e. The molecule has 72 valence electrons. The van der Waals surface area contributed by atoms with Crippen molar-refractivity contribution < 1.29 is 9.72 Å². The molecule has 1 rings (SSSR count). The van der Waals surface area contributed by atoms with Gasteiger partial charge in [-0.05, 0) is 17.1 Å². The average Bonchev–Trinajstić information content (AvgIpc) is 2.20. The van der Waals surface area contributed by atoms with Crippen LogP contribution in [0, 0.1) is 10.1 Å². The van der Waals surface area contributed by atoms with Crippen LogP contribution in [0.5, 0.6) is 0 Å². The number of carbonyl (C=O) groups excluding carboxylic acids is 1. The number of nitro groups is 1. The van der Waals surface area contributed by atoms with Crippen LogP contribution in [0.25, 0.3) is 0 Å². The molecule has 0 bridgehead atoms. The van der Waals surface area contributed by atoms with Gasteiger partial charge in [-0.3, -0.25) is 4.79 Å². The van der Waals surface area contributed by atoms with Gasteiger partial charge < -0.3 is 10.1 Å². The van der Waals surface area contributed by atoms with Crippen LogP contribution >= 0.6 is 0 Å². The Labute approximate surface area is 79.4 Å². The first-order valence-corrected chi connectivity index (χ1v) is 3.72. The molecule has 0 saturated carbocycles. The Morgan fingerprint density at radius 3 is 2.57 bits per heavy atom. The highest BCUT2D eigenvalue weighted by Gasteiger charge is 2.09. The van der Waals surface area contributed by atoms with Gasteiger partial charge >= 0.3 is 5.84 Å². The molecule has 0 heterocycles. The lowest BCUT2D eigenvalue weighted by atomic mass is 10.3. The topological polar surface area (TPSA) is 84.6 Å². The largest absolute Gasteiger partial charge is 0.427 e. The molecule has 0 atom stereocenters. The molecule has 0 aliphatic heterocycles. The van der Waals surface area contributed by atoms with Crippen LogP contribution in [0.3, 0.4) is 0 Å². The molecule has 0 aliphatic carbocycles. The zero-order valence-corrected chi connectivity index (χ0v) is 7.08. The summed E-state index contributed by atoms with van der Waals surface area (Å²) in [6.07, 6.45) is 0.0793. The smallest absolute Gasteiger partial charge is 0.358 e. The summed E-state index contributed by atoms with van der Waals surface area (Å²) < 4.78 is 0. The van der Waals surface area contributed by atoms with Gasteiger partial charge in [0, 0.05) is 0 Å². The van der Waals surface area contributed by atoms with E-state index in [9.17, 15) is 14.9 Å². The zero-order valence-electron chi connectivity index (χ0n) is 7.08. The van der Waals surface area contributed by atoms with Gasteiger partial charge in [0.15, 0.2) is 0 Å². The number of hydrazone groups is 1. The minimum atomic E-state index is -0.858. The molecule has 14 heavy (non-hydrogen) atoms. The number of amidine groups is 1. The number of nitrogens with zero attached hydrogens (tertiary/aromatic N) is 2. The number of hydrogen-bond acceptors (Lipinski definition) is 5. The molecule has 0 radical (unpaired) electrons. The first-order valence-electron chi connectivity index (χ1n) is 3.72. The van der Waals surface area contributed by atoms with Gasteiger partial charge in [-0.15, -0.1) is 0 Å². The Balaban J connectivity index is 2.71. The first kappa shape index (κ1) is 9.85. The van der Waals surface area contributed by atoms with E-state index in [2.05, 4.69) is 10.5 Å². The molecule has 0 aliphatic rings. The number of benzene rings is 1. The summed E-state index contributed by atoms with van der Waals surface area (Å²) in [6.45, 7) is 0. The quantitative estimate of drug-likeness (QED) is 0.254. The van der Waals surface area contributed by atoms with E-state index in [-0.39, 0.29) is 6.29 Å². The lowest BCUT2D eigenvalue weighted by Crippen LogP contribution is -2.14. The van der Waals surface area contributed by atoms with Crippen molar-refractivity contribution in [1.82, 2.24) is 0 Å². The summed E-state index contributed by atoms with van der Waals surface area (Å²) in [4.78, 5) is 19.5. The SMILES string of the molecule is O=CC(=NNc1ccccc1)[N+](=O)[O-]. The fraction of sp³-hybridized carbons (Fsp3) is 0. The molecule has 1 aromatic rings. The predicted octanol–water partition coefficient (Wildman–Crippen LogP) is 0.888. The summed E-state index contributed by atoms with van der Waals surface area (Å²) in [5, 5.41) is 13.5. The second-order valence-electron chi connectivity index (χ2n) is 2.32. The molecular weight excluding hydrogens is 186 g/mol. The predicted molar refractivity (Wildman–Crippen MR) is 50.6 cm³/mol. The molecule has 0 fully saturated rings. The van der Waals surface area contributed by atoms with Crippen LogP contribution in [0.1, 0.15) is 0 Å². The Bertz CT molecular complexity index is 361. The summed E-state index contributed by atoms with van der Waals surface area (Å²) >= 11 is 0. The van der Waals surface area contributed by atoms with E-state index in [1.165, 1.54) is 0 Å². The second-order valence-corrected chi connectivity index (χ2v) is 2.32. The molecule has 6 heteroatoms. The molecule has 0 aromatic heterocycles. The number of para-hydroxylation sites is 1. The van der Waals surface area contributed by atoms with Crippen molar-refractivity contribution in [2.45, 2.75) is 0 Å². The maximum Gasteiger partial charge on any atom is 0.427 e. The summed E-state index contributed by atoms with van der Waals surface area (Å²) in [5.41, 5.74) is 2.97. The van der Waals surface area contributed by atoms with Crippen LogP contribution in [0.4, 0.5) is 5.69 Å². The number of rotatable bonds is 3. The maximum atomic E-state index is 10.2. The summed E-state index contributed by atoms with van der Waals surface area (Å²) in [5.74, 6) is -0.756. The number of aldehydes is 1. The Hall–Kier alpha value is -2.24. The van der Waals surface area contributed by atoms with Gasteiger partial charge in [0.1, 0.15) is 0 Å². The van der Waals surface area contributed by atoms with Crippen molar-refractivity contribution in [3.8, 4) is 0 Å². The van der Waals surface area contributed by atoms with Crippen LogP contribution < -0.4 is 5.43 Å². The number of hydrogen-bond donors (Lipinski definition) is 1. The van der Waals surface area contributed by atoms with Crippen LogP contribution in [-0.4, -0.2) is 17.0 Å². The van der Waals surface area contributed by atoms with Crippen molar-refractivity contribution in [1.29, 1.82) is 0 Å².